The van der Waals surface area contributed by atoms with E-state index in [1.54, 1.807) is 12.3 Å². The molecule has 0 aliphatic rings. The summed E-state index contributed by atoms with van der Waals surface area (Å²) in [6.07, 6.45) is 1.62. The Morgan fingerprint density at radius 3 is 2.38 bits per heavy atom. The van der Waals surface area contributed by atoms with E-state index in [1.165, 1.54) is 12.1 Å². The van der Waals surface area contributed by atoms with E-state index in [1.807, 2.05) is 26.8 Å². The predicted molar refractivity (Wildman–Crippen MR) is 78.4 cm³/mol. The van der Waals surface area contributed by atoms with E-state index >= 15 is 0 Å². The lowest BCUT2D eigenvalue weighted by atomic mass is 10.1. The Morgan fingerprint density at radius 2 is 1.76 bits per heavy atom. The van der Waals surface area contributed by atoms with E-state index in [4.69, 9.17) is 4.74 Å². The van der Waals surface area contributed by atoms with Crippen LogP contribution < -0.4 is 10.1 Å². The van der Waals surface area contributed by atoms with Crippen molar-refractivity contribution in [3.63, 3.8) is 0 Å². The number of ether oxygens (including phenoxy) is 1. The molecule has 1 N–H and O–H groups in total. The van der Waals surface area contributed by atoms with Gasteiger partial charge in [0.05, 0.1) is 11.8 Å². The summed E-state index contributed by atoms with van der Waals surface area (Å²) < 4.78 is 32.2. The van der Waals surface area contributed by atoms with Gasteiger partial charge in [0.1, 0.15) is 11.6 Å². The van der Waals surface area contributed by atoms with Crippen LogP contribution in [0, 0.1) is 11.6 Å². The summed E-state index contributed by atoms with van der Waals surface area (Å²) in [5.41, 5.74) is 1.20. The number of rotatable bonds is 5. The van der Waals surface area contributed by atoms with Crippen LogP contribution in [-0.4, -0.2) is 11.1 Å². The molecule has 2 rings (SSSR count). The fourth-order valence-corrected chi connectivity index (χ4v) is 1.96. The van der Waals surface area contributed by atoms with Gasteiger partial charge in [-0.1, -0.05) is 0 Å². The second kappa shape index (κ2) is 6.52. The van der Waals surface area contributed by atoms with Crippen molar-refractivity contribution >= 4 is 5.69 Å². The number of aromatic nitrogens is 1. The number of hydrogen-bond donors (Lipinski definition) is 1. The summed E-state index contributed by atoms with van der Waals surface area (Å²) in [6, 6.07) is 6.77. The summed E-state index contributed by atoms with van der Waals surface area (Å²) in [4.78, 5) is 4.17. The Kier molecular flexibility index (Phi) is 4.73. The maximum atomic E-state index is 13.3. The SMILES string of the molecule is CC(C)Oc1ncccc1NC(C)c1cc(F)cc(F)c1. The van der Waals surface area contributed by atoms with Gasteiger partial charge < -0.3 is 10.1 Å². The van der Waals surface area contributed by atoms with Gasteiger partial charge >= 0.3 is 0 Å². The van der Waals surface area contributed by atoms with E-state index in [2.05, 4.69) is 10.3 Å². The van der Waals surface area contributed by atoms with Crippen molar-refractivity contribution < 1.29 is 13.5 Å². The Labute approximate surface area is 123 Å². The number of anilines is 1. The highest BCUT2D eigenvalue weighted by Gasteiger charge is 2.12. The van der Waals surface area contributed by atoms with E-state index < -0.39 is 11.6 Å². The molecule has 0 saturated carbocycles. The van der Waals surface area contributed by atoms with Gasteiger partial charge in [-0.25, -0.2) is 13.8 Å². The third kappa shape index (κ3) is 4.15. The average molecular weight is 292 g/mol. The smallest absolute Gasteiger partial charge is 0.237 e. The largest absolute Gasteiger partial charge is 0.473 e. The Balaban J connectivity index is 2.21. The highest BCUT2D eigenvalue weighted by molar-refractivity contribution is 5.53. The van der Waals surface area contributed by atoms with Crippen LogP contribution in [0.5, 0.6) is 5.88 Å². The molecule has 0 amide bonds. The number of nitrogens with one attached hydrogen (secondary N) is 1. The molecule has 1 aromatic heterocycles. The molecule has 1 heterocycles. The monoisotopic (exact) mass is 292 g/mol. The molecule has 0 fully saturated rings. The first-order valence-corrected chi connectivity index (χ1v) is 6.80. The normalized spacial score (nSPS) is 12.3. The Hall–Kier alpha value is -2.17. The molecule has 0 aliphatic carbocycles. The summed E-state index contributed by atoms with van der Waals surface area (Å²) in [7, 11) is 0. The van der Waals surface area contributed by atoms with E-state index in [0.29, 0.717) is 17.1 Å². The molecule has 0 radical (unpaired) electrons. The van der Waals surface area contributed by atoms with Gasteiger partial charge in [0.2, 0.25) is 5.88 Å². The molecular weight excluding hydrogens is 274 g/mol. The van der Waals surface area contributed by atoms with Crippen LogP contribution in [0.2, 0.25) is 0 Å². The van der Waals surface area contributed by atoms with Crippen molar-refractivity contribution in [1.82, 2.24) is 4.98 Å². The molecule has 5 heteroatoms. The quantitative estimate of drug-likeness (QED) is 0.891. The molecule has 3 nitrogen and oxygen atoms in total. The molecule has 1 unspecified atom stereocenters. The highest BCUT2D eigenvalue weighted by Crippen LogP contribution is 2.27. The van der Waals surface area contributed by atoms with E-state index in [9.17, 15) is 8.78 Å². The topological polar surface area (TPSA) is 34.1 Å². The molecule has 1 aromatic carbocycles. The first-order chi connectivity index (χ1) is 9.95. The molecule has 0 spiro atoms. The molecule has 0 bridgehead atoms. The molecule has 1 atom stereocenters. The molecule has 0 saturated heterocycles. The number of pyridine rings is 1. The molecule has 112 valence electrons. The third-order valence-electron chi connectivity index (χ3n) is 2.88. The fourth-order valence-electron chi connectivity index (χ4n) is 1.96. The lowest BCUT2D eigenvalue weighted by Crippen LogP contribution is -2.12. The molecule has 2 aromatic rings. The van der Waals surface area contributed by atoms with Crippen LogP contribution in [0.15, 0.2) is 36.5 Å². The molecule has 0 aliphatic heterocycles. The minimum atomic E-state index is -0.594. The van der Waals surface area contributed by atoms with Gasteiger partial charge in [-0.3, -0.25) is 0 Å². The zero-order valence-electron chi connectivity index (χ0n) is 12.2. The Bertz CT molecular complexity index is 597. The van der Waals surface area contributed by atoms with Crippen molar-refractivity contribution in [3.8, 4) is 5.88 Å². The van der Waals surface area contributed by atoms with Crippen LogP contribution in [0.3, 0.4) is 0 Å². The first-order valence-electron chi connectivity index (χ1n) is 6.80. The minimum absolute atomic E-state index is 0.0117. The van der Waals surface area contributed by atoms with Gasteiger partial charge in [-0.15, -0.1) is 0 Å². The van der Waals surface area contributed by atoms with Crippen LogP contribution in [0.1, 0.15) is 32.4 Å². The Morgan fingerprint density at radius 1 is 1.10 bits per heavy atom. The van der Waals surface area contributed by atoms with Crippen molar-refractivity contribution in [3.05, 3.63) is 53.7 Å². The first kappa shape index (κ1) is 15.2. The summed E-state index contributed by atoms with van der Waals surface area (Å²) in [6.45, 7) is 5.63. The summed E-state index contributed by atoms with van der Waals surface area (Å²) in [5, 5.41) is 3.17. The zero-order chi connectivity index (χ0) is 15.4. The van der Waals surface area contributed by atoms with Crippen molar-refractivity contribution in [1.29, 1.82) is 0 Å². The van der Waals surface area contributed by atoms with Gasteiger partial charge in [0.15, 0.2) is 0 Å². The van der Waals surface area contributed by atoms with Crippen molar-refractivity contribution in [2.24, 2.45) is 0 Å². The number of hydrogen-bond acceptors (Lipinski definition) is 3. The van der Waals surface area contributed by atoms with Gasteiger partial charge in [0.25, 0.3) is 0 Å². The van der Waals surface area contributed by atoms with Crippen LogP contribution in [0.4, 0.5) is 14.5 Å². The average Bonchev–Trinajstić information content (AvgIpc) is 2.39. The lowest BCUT2D eigenvalue weighted by molar-refractivity contribution is 0.234. The van der Waals surface area contributed by atoms with Crippen LogP contribution in [0.25, 0.3) is 0 Å². The van der Waals surface area contributed by atoms with Crippen LogP contribution >= 0.6 is 0 Å². The minimum Gasteiger partial charge on any atom is -0.473 e. The van der Waals surface area contributed by atoms with Gasteiger partial charge in [-0.2, -0.15) is 0 Å². The predicted octanol–water partition coefficient (Wildman–Crippen LogP) is 4.32. The maximum absolute atomic E-state index is 13.3. The number of nitrogens with zero attached hydrogens (tertiary/aromatic N) is 1. The standard InChI is InChI=1S/C16H18F2N2O/c1-10(2)21-16-15(5-4-6-19-16)20-11(3)12-7-13(17)9-14(18)8-12/h4-11,20H,1-3H3. The maximum Gasteiger partial charge on any atom is 0.237 e. The van der Waals surface area contributed by atoms with E-state index in [0.717, 1.165) is 6.07 Å². The third-order valence-corrected chi connectivity index (χ3v) is 2.88. The van der Waals surface area contributed by atoms with Gasteiger partial charge in [0, 0.05) is 18.3 Å². The summed E-state index contributed by atoms with van der Waals surface area (Å²) >= 11 is 0. The number of benzene rings is 1. The van der Waals surface area contributed by atoms with Crippen molar-refractivity contribution in [2.75, 3.05) is 5.32 Å². The fraction of sp³-hybridized carbons (Fsp3) is 0.312. The number of halogens is 2. The molecular formula is C16H18F2N2O. The second-order valence-electron chi connectivity index (χ2n) is 5.09. The van der Waals surface area contributed by atoms with E-state index in [-0.39, 0.29) is 12.1 Å². The summed E-state index contributed by atoms with van der Waals surface area (Å²) in [5.74, 6) is -0.719. The lowest BCUT2D eigenvalue weighted by Gasteiger charge is -2.19. The van der Waals surface area contributed by atoms with Crippen molar-refractivity contribution in [2.45, 2.75) is 32.9 Å². The zero-order valence-corrected chi connectivity index (χ0v) is 12.2. The molecule has 21 heavy (non-hydrogen) atoms. The van der Waals surface area contributed by atoms with Crippen LogP contribution in [-0.2, 0) is 0 Å². The van der Waals surface area contributed by atoms with Gasteiger partial charge in [-0.05, 0) is 50.6 Å². The second-order valence-corrected chi connectivity index (χ2v) is 5.09. The highest BCUT2D eigenvalue weighted by atomic mass is 19.1.